The lowest BCUT2D eigenvalue weighted by Gasteiger charge is -2.28. The number of rotatable bonds is 5. The first kappa shape index (κ1) is 17.0. The highest BCUT2D eigenvalue weighted by atomic mass is 16.4. The van der Waals surface area contributed by atoms with Gasteiger partial charge >= 0.3 is 5.97 Å². The molecule has 2 saturated carbocycles. The molecule has 0 radical (unpaired) electrons. The van der Waals surface area contributed by atoms with E-state index in [9.17, 15) is 14.7 Å². The van der Waals surface area contributed by atoms with Crippen LogP contribution in [0.4, 0.5) is 0 Å². The van der Waals surface area contributed by atoms with E-state index in [-0.39, 0.29) is 23.8 Å². The van der Waals surface area contributed by atoms with Crippen molar-refractivity contribution in [3.05, 3.63) is 35.9 Å². The summed E-state index contributed by atoms with van der Waals surface area (Å²) in [5.74, 6) is -0.660. The third-order valence-corrected chi connectivity index (χ3v) is 5.72. The second kappa shape index (κ2) is 7.82. The minimum absolute atomic E-state index is 0.0749. The van der Waals surface area contributed by atoms with Gasteiger partial charge in [0.05, 0.1) is 5.92 Å². The predicted molar refractivity (Wildman–Crippen MR) is 92.5 cm³/mol. The normalized spacial score (nSPS) is 30.0. The summed E-state index contributed by atoms with van der Waals surface area (Å²) in [6, 6.07) is 10.7. The fourth-order valence-electron chi connectivity index (χ4n) is 4.34. The van der Waals surface area contributed by atoms with E-state index < -0.39 is 5.97 Å². The summed E-state index contributed by atoms with van der Waals surface area (Å²) in [7, 11) is 0. The first-order chi connectivity index (χ1) is 11.6. The van der Waals surface area contributed by atoms with E-state index in [1.807, 2.05) is 6.07 Å². The third-order valence-electron chi connectivity index (χ3n) is 5.72. The van der Waals surface area contributed by atoms with Crippen molar-refractivity contribution in [2.24, 2.45) is 17.8 Å². The van der Waals surface area contributed by atoms with Crippen molar-refractivity contribution in [3.8, 4) is 0 Å². The lowest BCUT2D eigenvalue weighted by Crippen LogP contribution is -2.43. The van der Waals surface area contributed by atoms with E-state index >= 15 is 0 Å². The molecule has 2 aliphatic rings. The maximum Gasteiger partial charge on any atom is 0.306 e. The molecule has 1 aromatic rings. The second-order valence-electron chi connectivity index (χ2n) is 7.39. The average molecular weight is 329 g/mol. The van der Waals surface area contributed by atoms with Gasteiger partial charge in [0.2, 0.25) is 5.91 Å². The molecular weight excluding hydrogens is 302 g/mol. The van der Waals surface area contributed by atoms with Crippen molar-refractivity contribution >= 4 is 11.9 Å². The Morgan fingerprint density at radius 1 is 1.00 bits per heavy atom. The van der Waals surface area contributed by atoms with Crippen LogP contribution in [-0.2, 0) is 16.0 Å². The lowest BCUT2D eigenvalue weighted by atomic mass is 9.80. The van der Waals surface area contributed by atoms with Crippen LogP contribution in [-0.4, -0.2) is 23.0 Å². The van der Waals surface area contributed by atoms with Gasteiger partial charge in [-0.05, 0) is 50.0 Å². The number of carbonyl (C=O) groups excluding carboxylic acids is 1. The van der Waals surface area contributed by atoms with E-state index in [4.69, 9.17) is 0 Å². The van der Waals surface area contributed by atoms with Crippen LogP contribution in [0.1, 0.15) is 50.5 Å². The van der Waals surface area contributed by atoms with Gasteiger partial charge in [-0.1, -0.05) is 43.2 Å². The Hall–Kier alpha value is -1.84. The minimum Gasteiger partial charge on any atom is -0.481 e. The molecule has 1 amide bonds. The highest BCUT2D eigenvalue weighted by Crippen LogP contribution is 2.32. The zero-order chi connectivity index (χ0) is 16.9. The number of benzene rings is 1. The Morgan fingerprint density at radius 2 is 1.71 bits per heavy atom. The molecule has 4 atom stereocenters. The zero-order valence-electron chi connectivity index (χ0n) is 14.1. The van der Waals surface area contributed by atoms with Gasteiger partial charge < -0.3 is 10.4 Å². The number of carboxylic acid groups (broad SMARTS) is 1. The van der Waals surface area contributed by atoms with Crippen LogP contribution in [0.5, 0.6) is 0 Å². The number of carboxylic acids is 1. The average Bonchev–Trinajstić information content (AvgIpc) is 3.02. The Balaban J connectivity index is 1.56. The number of nitrogens with one attached hydrogen (secondary N) is 1. The molecule has 0 aliphatic heterocycles. The SMILES string of the molecule is O=C(O)C1CCCC(C(=O)NC2CCCC2Cc2ccccc2)C1. The zero-order valence-corrected chi connectivity index (χ0v) is 14.1. The smallest absolute Gasteiger partial charge is 0.306 e. The van der Waals surface area contributed by atoms with E-state index in [1.165, 1.54) is 5.56 Å². The maximum absolute atomic E-state index is 12.6. The van der Waals surface area contributed by atoms with Crippen molar-refractivity contribution in [1.82, 2.24) is 5.32 Å². The van der Waals surface area contributed by atoms with Gasteiger partial charge in [-0.2, -0.15) is 0 Å². The van der Waals surface area contributed by atoms with E-state index in [0.717, 1.165) is 38.5 Å². The Labute approximate surface area is 143 Å². The minimum atomic E-state index is -0.754. The molecule has 2 aliphatic carbocycles. The van der Waals surface area contributed by atoms with Gasteiger partial charge in [0.1, 0.15) is 0 Å². The fourth-order valence-corrected chi connectivity index (χ4v) is 4.34. The van der Waals surface area contributed by atoms with Gasteiger partial charge in [-0.3, -0.25) is 9.59 Å². The van der Waals surface area contributed by atoms with Crippen LogP contribution in [0.3, 0.4) is 0 Å². The van der Waals surface area contributed by atoms with Crippen LogP contribution < -0.4 is 5.32 Å². The van der Waals surface area contributed by atoms with E-state index in [1.54, 1.807) is 0 Å². The molecule has 4 unspecified atom stereocenters. The Bertz CT molecular complexity index is 572. The van der Waals surface area contributed by atoms with Crippen molar-refractivity contribution in [3.63, 3.8) is 0 Å². The van der Waals surface area contributed by atoms with Crippen molar-refractivity contribution in [2.75, 3.05) is 0 Å². The molecule has 0 saturated heterocycles. The summed E-state index contributed by atoms with van der Waals surface area (Å²) >= 11 is 0. The van der Waals surface area contributed by atoms with Crippen molar-refractivity contribution in [1.29, 1.82) is 0 Å². The molecule has 2 fully saturated rings. The summed E-state index contributed by atoms with van der Waals surface area (Å²) in [6.07, 6.45) is 7.23. The van der Waals surface area contributed by atoms with Gasteiger partial charge in [-0.25, -0.2) is 0 Å². The maximum atomic E-state index is 12.6. The van der Waals surface area contributed by atoms with Crippen LogP contribution >= 0.6 is 0 Å². The van der Waals surface area contributed by atoms with Crippen LogP contribution in [0.25, 0.3) is 0 Å². The summed E-state index contributed by atoms with van der Waals surface area (Å²) in [4.78, 5) is 23.8. The van der Waals surface area contributed by atoms with Crippen molar-refractivity contribution < 1.29 is 14.7 Å². The summed E-state index contributed by atoms with van der Waals surface area (Å²) in [5, 5.41) is 12.4. The number of amides is 1. The fraction of sp³-hybridized carbons (Fsp3) is 0.600. The summed E-state index contributed by atoms with van der Waals surface area (Å²) < 4.78 is 0. The quantitative estimate of drug-likeness (QED) is 0.870. The largest absolute Gasteiger partial charge is 0.481 e. The van der Waals surface area contributed by atoms with E-state index in [2.05, 4.69) is 29.6 Å². The monoisotopic (exact) mass is 329 g/mol. The molecule has 4 nitrogen and oxygen atoms in total. The molecule has 1 aromatic carbocycles. The number of hydrogen-bond donors (Lipinski definition) is 2. The van der Waals surface area contributed by atoms with E-state index in [0.29, 0.717) is 18.8 Å². The molecule has 0 spiro atoms. The van der Waals surface area contributed by atoms with Gasteiger partial charge in [0.25, 0.3) is 0 Å². The Morgan fingerprint density at radius 3 is 2.46 bits per heavy atom. The molecule has 24 heavy (non-hydrogen) atoms. The number of aliphatic carboxylic acids is 1. The molecular formula is C20H27NO3. The first-order valence-electron chi connectivity index (χ1n) is 9.20. The van der Waals surface area contributed by atoms with Gasteiger partial charge in [0, 0.05) is 12.0 Å². The third kappa shape index (κ3) is 4.16. The molecule has 130 valence electrons. The molecule has 2 N–H and O–H groups in total. The van der Waals surface area contributed by atoms with Crippen LogP contribution in [0.15, 0.2) is 30.3 Å². The molecule has 0 bridgehead atoms. The second-order valence-corrected chi connectivity index (χ2v) is 7.39. The highest BCUT2D eigenvalue weighted by Gasteiger charge is 2.34. The standard InChI is InChI=1S/C20H27NO3/c22-19(16-9-4-10-17(13-16)20(23)24)21-18-11-5-8-15(18)12-14-6-2-1-3-7-14/h1-3,6-7,15-18H,4-5,8-13H2,(H,21,22)(H,23,24). The topological polar surface area (TPSA) is 66.4 Å². The highest BCUT2D eigenvalue weighted by molar-refractivity contribution is 5.80. The first-order valence-corrected chi connectivity index (χ1v) is 9.20. The number of carbonyl (C=O) groups is 2. The number of hydrogen-bond acceptors (Lipinski definition) is 2. The van der Waals surface area contributed by atoms with Gasteiger partial charge in [-0.15, -0.1) is 0 Å². The lowest BCUT2D eigenvalue weighted by molar-refractivity contribution is -0.144. The Kier molecular flexibility index (Phi) is 5.54. The summed E-state index contributed by atoms with van der Waals surface area (Å²) in [5.41, 5.74) is 1.33. The predicted octanol–water partition coefficient (Wildman–Crippen LogP) is 3.41. The molecule has 0 aromatic heterocycles. The molecule has 0 heterocycles. The molecule has 4 heteroatoms. The van der Waals surface area contributed by atoms with Gasteiger partial charge in [0.15, 0.2) is 0 Å². The van der Waals surface area contributed by atoms with Crippen LogP contribution in [0, 0.1) is 17.8 Å². The molecule has 3 rings (SSSR count). The van der Waals surface area contributed by atoms with Crippen LogP contribution in [0.2, 0.25) is 0 Å². The van der Waals surface area contributed by atoms with Crippen molar-refractivity contribution in [2.45, 2.75) is 57.4 Å². The summed E-state index contributed by atoms with van der Waals surface area (Å²) in [6.45, 7) is 0.